The van der Waals surface area contributed by atoms with E-state index in [4.69, 9.17) is 9.15 Å². The molecule has 0 saturated heterocycles. The molecule has 8 heteroatoms. The van der Waals surface area contributed by atoms with Gasteiger partial charge in [0.2, 0.25) is 0 Å². The van der Waals surface area contributed by atoms with E-state index < -0.39 is 11.5 Å². The van der Waals surface area contributed by atoms with Crippen LogP contribution in [0.5, 0.6) is 5.75 Å². The van der Waals surface area contributed by atoms with Gasteiger partial charge in [-0.05, 0) is 19.1 Å². The van der Waals surface area contributed by atoms with Crippen molar-refractivity contribution in [3.05, 3.63) is 57.8 Å². The summed E-state index contributed by atoms with van der Waals surface area (Å²) in [6.07, 6.45) is 0. The first-order valence-electron chi connectivity index (χ1n) is 8.30. The molecule has 2 heterocycles. The quantitative estimate of drug-likeness (QED) is 0.687. The van der Waals surface area contributed by atoms with Crippen molar-refractivity contribution in [2.45, 2.75) is 13.5 Å². The summed E-state index contributed by atoms with van der Waals surface area (Å²) in [6, 6.07) is 8.51. The largest absolute Gasteiger partial charge is 0.493 e. The molecule has 1 amide bonds. The average Bonchev–Trinajstić information content (AvgIpc) is 2.64. The van der Waals surface area contributed by atoms with E-state index in [-0.39, 0.29) is 12.1 Å². The molecule has 0 aliphatic rings. The second-order valence-electron chi connectivity index (χ2n) is 6.19. The van der Waals surface area contributed by atoms with Crippen LogP contribution in [0.15, 0.2) is 39.5 Å². The van der Waals surface area contributed by atoms with Crippen LogP contribution in [0, 0.1) is 6.92 Å². The van der Waals surface area contributed by atoms with E-state index in [2.05, 4.69) is 15.3 Å². The molecule has 27 heavy (non-hydrogen) atoms. The number of rotatable bonds is 5. The standard InChI is InChI=1S/C19H20N4O4/c1-11-8-16(23(2)3)22-15(21-11)10-20-18(24)13-9-12-6-5-7-14(26-4)17(12)27-19(13)25/h5-9H,10H2,1-4H3,(H,20,24). The Bertz CT molecular complexity index is 1060. The van der Waals surface area contributed by atoms with Gasteiger partial charge in [0.1, 0.15) is 17.2 Å². The minimum absolute atomic E-state index is 0.0868. The molecule has 8 nitrogen and oxygen atoms in total. The first-order valence-corrected chi connectivity index (χ1v) is 8.30. The molecular formula is C19H20N4O4. The minimum atomic E-state index is -0.733. The van der Waals surface area contributed by atoms with Gasteiger partial charge in [0.25, 0.3) is 5.91 Å². The summed E-state index contributed by atoms with van der Waals surface area (Å²) in [4.78, 5) is 35.2. The molecule has 2 aromatic heterocycles. The molecular weight excluding hydrogens is 348 g/mol. The average molecular weight is 368 g/mol. The normalized spacial score (nSPS) is 10.7. The van der Waals surface area contributed by atoms with Crippen molar-refractivity contribution in [2.24, 2.45) is 0 Å². The lowest BCUT2D eigenvalue weighted by molar-refractivity contribution is 0.0946. The second-order valence-corrected chi connectivity index (χ2v) is 6.19. The van der Waals surface area contributed by atoms with Gasteiger partial charge >= 0.3 is 5.63 Å². The Hall–Kier alpha value is -3.42. The third-order valence-electron chi connectivity index (χ3n) is 3.94. The van der Waals surface area contributed by atoms with Gasteiger partial charge in [0, 0.05) is 31.2 Å². The number of carbonyl (C=O) groups excluding carboxylic acids is 1. The molecule has 0 saturated carbocycles. The molecule has 0 atom stereocenters. The van der Waals surface area contributed by atoms with Crippen LogP contribution in [-0.2, 0) is 6.54 Å². The summed E-state index contributed by atoms with van der Waals surface area (Å²) in [5, 5.41) is 3.27. The van der Waals surface area contributed by atoms with Gasteiger partial charge in [0.15, 0.2) is 11.3 Å². The summed E-state index contributed by atoms with van der Waals surface area (Å²) >= 11 is 0. The highest BCUT2D eigenvalue weighted by Gasteiger charge is 2.16. The first-order chi connectivity index (χ1) is 12.9. The molecule has 0 bridgehead atoms. The fourth-order valence-corrected chi connectivity index (χ4v) is 2.61. The molecule has 0 fully saturated rings. The number of aryl methyl sites for hydroxylation is 1. The number of para-hydroxylation sites is 1. The van der Waals surface area contributed by atoms with Gasteiger partial charge < -0.3 is 19.4 Å². The number of methoxy groups -OCH3 is 1. The number of carbonyl (C=O) groups is 1. The van der Waals surface area contributed by atoms with E-state index in [9.17, 15) is 9.59 Å². The van der Waals surface area contributed by atoms with Gasteiger partial charge in [0.05, 0.1) is 13.7 Å². The van der Waals surface area contributed by atoms with Gasteiger partial charge in [-0.1, -0.05) is 12.1 Å². The van der Waals surface area contributed by atoms with Crippen molar-refractivity contribution in [3.8, 4) is 5.75 Å². The molecule has 0 radical (unpaired) electrons. The van der Waals surface area contributed by atoms with Crippen LogP contribution >= 0.6 is 0 Å². The van der Waals surface area contributed by atoms with Crippen LogP contribution in [0.4, 0.5) is 5.82 Å². The number of ether oxygens (including phenoxy) is 1. The zero-order chi connectivity index (χ0) is 19.6. The predicted octanol–water partition coefficient (Wildman–Crippen LogP) is 1.90. The topological polar surface area (TPSA) is 97.6 Å². The van der Waals surface area contributed by atoms with Gasteiger partial charge in [-0.15, -0.1) is 0 Å². The molecule has 0 aliphatic carbocycles. The SMILES string of the molecule is COc1cccc2cc(C(=O)NCc3nc(C)cc(N(C)C)n3)c(=O)oc12. The molecule has 1 aromatic carbocycles. The van der Waals surface area contributed by atoms with E-state index in [0.717, 1.165) is 11.5 Å². The maximum absolute atomic E-state index is 12.5. The summed E-state index contributed by atoms with van der Waals surface area (Å²) in [6.45, 7) is 1.95. The summed E-state index contributed by atoms with van der Waals surface area (Å²) in [7, 11) is 5.23. The first kappa shape index (κ1) is 18.4. The Morgan fingerprint density at radius 2 is 2.04 bits per heavy atom. The maximum atomic E-state index is 12.5. The monoisotopic (exact) mass is 368 g/mol. The van der Waals surface area contributed by atoms with Crippen molar-refractivity contribution in [1.82, 2.24) is 15.3 Å². The van der Waals surface area contributed by atoms with E-state index in [0.29, 0.717) is 22.5 Å². The number of aromatic nitrogens is 2. The van der Waals surface area contributed by atoms with E-state index >= 15 is 0 Å². The van der Waals surface area contributed by atoms with Crippen LogP contribution in [0.2, 0.25) is 0 Å². The number of nitrogens with zero attached hydrogens (tertiary/aromatic N) is 3. The molecule has 0 unspecified atom stereocenters. The van der Waals surface area contributed by atoms with Crippen LogP contribution in [0.3, 0.4) is 0 Å². The number of hydrogen-bond donors (Lipinski definition) is 1. The highest BCUT2D eigenvalue weighted by atomic mass is 16.5. The van der Waals surface area contributed by atoms with Gasteiger partial charge in [-0.2, -0.15) is 0 Å². The lowest BCUT2D eigenvalue weighted by Gasteiger charge is -2.13. The Kier molecular flexibility index (Phi) is 5.07. The Labute approximate surface area is 155 Å². The zero-order valence-corrected chi connectivity index (χ0v) is 15.6. The fraction of sp³-hybridized carbons (Fsp3) is 0.263. The Morgan fingerprint density at radius 3 is 2.74 bits per heavy atom. The predicted molar refractivity (Wildman–Crippen MR) is 101 cm³/mol. The third kappa shape index (κ3) is 3.89. The van der Waals surface area contributed by atoms with E-state index in [1.807, 2.05) is 32.0 Å². The smallest absolute Gasteiger partial charge is 0.349 e. The summed E-state index contributed by atoms with van der Waals surface area (Å²) < 4.78 is 10.5. The van der Waals surface area contributed by atoms with Crippen molar-refractivity contribution in [3.63, 3.8) is 0 Å². The molecule has 0 spiro atoms. The van der Waals surface area contributed by atoms with Crippen LogP contribution in [-0.4, -0.2) is 37.1 Å². The van der Waals surface area contributed by atoms with Gasteiger partial charge in [-0.3, -0.25) is 4.79 Å². The molecule has 0 aliphatic heterocycles. The summed E-state index contributed by atoms with van der Waals surface area (Å²) in [5.74, 6) is 1.08. The Balaban J connectivity index is 1.85. The number of benzene rings is 1. The molecule has 3 rings (SSSR count). The van der Waals surface area contributed by atoms with Crippen LogP contribution in [0.1, 0.15) is 21.9 Å². The minimum Gasteiger partial charge on any atom is -0.493 e. The molecule has 3 aromatic rings. The number of anilines is 1. The highest BCUT2D eigenvalue weighted by molar-refractivity contribution is 5.97. The lowest BCUT2D eigenvalue weighted by Crippen LogP contribution is -2.29. The van der Waals surface area contributed by atoms with Crippen molar-refractivity contribution in [2.75, 3.05) is 26.1 Å². The van der Waals surface area contributed by atoms with E-state index in [1.165, 1.54) is 13.2 Å². The Morgan fingerprint density at radius 1 is 1.26 bits per heavy atom. The van der Waals surface area contributed by atoms with Crippen molar-refractivity contribution >= 4 is 22.7 Å². The lowest BCUT2D eigenvalue weighted by atomic mass is 10.1. The third-order valence-corrected chi connectivity index (χ3v) is 3.94. The molecule has 1 N–H and O–H groups in total. The highest BCUT2D eigenvalue weighted by Crippen LogP contribution is 2.24. The molecule has 140 valence electrons. The number of hydrogen-bond acceptors (Lipinski definition) is 7. The van der Waals surface area contributed by atoms with E-state index in [1.54, 1.807) is 18.2 Å². The summed E-state index contributed by atoms with van der Waals surface area (Å²) in [5.41, 5.74) is 0.273. The second kappa shape index (κ2) is 7.45. The zero-order valence-electron chi connectivity index (χ0n) is 15.6. The number of nitrogens with one attached hydrogen (secondary N) is 1. The maximum Gasteiger partial charge on any atom is 0.349 e. The van der Waals surface area contributed by atoms with Crippen molar-refractivity contribution < 1.29 is 13.9 Å². The van der Waals surface area contributed by atoms with Crippen LogP contribution in [0.25, 0.3) is 11.0 Å². The number of amides is 1. The number of fused-ring (bicyclic) bond motifs is 1. The van der Waals surface area contributed by atoms with Crippen LogP contribution < -0.4 is 20.6 Å². The van der Waals surface area contributed by atoms with Gasteiger partial charge in [-0.25, -0.2) is 14.8 Å². The van der Waals surface area contributed by atoms with Crippen molar-refractivity contribution in [1.29, 1.82) is 0 Å². The fourth-order valence-electron chi connectivity index (χ4n) is 2.61.